The van der Waals surface area contributed by atoms with Crippen LogP contribution in [0.1, 0.15) is 5.56 Å². The van der Waals surface area contributed by atoms with E-state index in [4.69, 9.17) is 5.73 Å². The maximum absolute atomic E-state index is 12.1. The van der Waals surface area contributed by atoms with Crippen molar-refractivity contribution >= 4 is 32.5 Å². The van der Waals surface area contributed by atoms with Crippen LogP contribution in [0.4, 0.5) is 5.13 Å². The van der Waals surface area contributed by atoms with Crippen LogP contribution in [-0.4, -0.2) is 62.7 Å². The second-order valence-corrected chi connectivity index (χ2v) is 8.95. The van der Waals surface area contributed by atoms with Crippen LogP contribution in [-0.2, 0) is 16.6 Å². The Morgan fingerprint density at radius 1 is 1.22 bits per heavy atom. The number of thiazole rings is 1. The number of rotatable bonds is 7. The average molecular weight is 409 g/mol. The van der Waals surface area contributed by atoms with Crippen molar-refractivity contribution in [2.24, 2.45) is 10.7 Å². The highest BCUT2D eigenvalue weighted by atomic mass is 32.2. The minimum absolute atomic E-state index is 0.0837. The first-order valence-corrected chi connectivity index (χ1v) is 11.3. The smallest absolute Gasteiger partial charge is 0.213 e. The van der Waals surface area contributed by atoms with Crippen molar-refractivity contribution in [3.8, 4) is 0 Å². The first-order chi connectivity index (χ1) is 13.0. The fraction of sp³-hybridized carbons (Fsp3) is 0.412. The molecular weight excluding hydrogens is 384 g/mol. The Morgan fingerprint density at radius 3 is 2.63 bits per heavy atom. The molecule has 1 saturated heterocycles. The van der Waals surface area contributed by atoms with E-state index < -0.39 is 10.0 Å². The maximum Gasteiger partial charge on any atom is 0.213 e. The third-order valence-electron chi connectivity index (χ3n) is 4.27. The van der Waals surface area contributed by atoms with Crippen LogP contribution in [0.25, 0.3) is 0 Å². The molecule has 1 aliphatic heterocycles. The predicted molar refractivity (Wildman–Crippen MR) is 109 cm³/mol. The molecule has 2 aromatic rings. The molecule has 0 unspecified atom stereocenters. The molecule has 0 spiro atoms. The highest BCUT2D eigenvalue weighted by Crippen LogP contribution is 2.18. The molecule has 0 bridgehead atoms. The molecule has 0 amide bonds. The van der Waals surface area contributed by atoms with Gasteiger partial charge >= 0.3 is 0 Å². The third-order valence-corrected chi connectivity index (χ3v) is 6.40. The van der Waals surface area contributed by atoms with Gasteiger partial charge in [0.05, 0.1) is 12.3 Å². The number of nitrogens with zero attached hydrogens (tertiary/aromatic N) is 4. The van der Waals surface area contributed by atoms with Crippen LogP contribution in [0.15, 0.2) is 46.9 Å². The van der Waals surface area contributed by atoms with E-state index in [1.165, 1.54) is 0 Å². The largest absolute Gasteiger partial charge is 0.370 e. The molecule has 2 heterocycles. The number of sulfonamides is 1. The van der Waals surface area contributed by atoms with Gasteiger partial charge in [0, 0.05) is 44.3 Å². The van der Waals surface area contributed by atoms with Crippen molar-refractivity contribution in [3.63, 3.8) is 0 Å². The summed E-state index contributed by atoms with van der Waals surface area (Å²) in [5, 5.41) is 2.98. The van der Waals surface area contributed by atoms with Crippen molar-refractivity contribution in [2.45, 2.75) is 6.54 Å². The molecule has 10 heteroatoms. The Kier molecular flexibility index (Phi) is 6.64. The van der Waals surface area contributed by atoms with Gasteiger partial charge in [-0.05, 0) is 5.56 Å². The lowest BCUT2D eigenvalue weighted by Gasteiger charge is -2.35. The number of aromatic nitrogens is 1. The highest BCUT2D eigenvalue weighted by molar-refractivity contribution is 7.89. The zero-order chi connectivity index (χ0) is 19.1. The lowest BCUT2D eigenvalue weighted by molar-refractivity contribution is 0.381. The van der Waals surface area contributed by atoms with Crippen LogP contribution < -0.4 is 15.4 Å². The summed E-state index contributed by atoms with van der Waals surface area (Å²) in [6, 6.07) is 9.41. The molecule has 0 atom stereocenters. The summed E-state index contributed by atoms with van der Waals surface area (Å²) in [4.78, 5) is 12.8. The quantitative estimate of drug-likeness (QED) is 0.516. The number of aliphatic imine (C=N–C) groups is 1. The Balaban J connectivity index is 1.42. The lowest BCUT2D eigenvalue weighted by atomic mass is 10.2. The van der Waals surface area contributed by atoms with E-state index in [0.29, 0.717) is 5.96 Å². The minimum Gasteiger partial charge on any atom is -0.370 e. The van der Waals surface area contributed by atoms with Crippen LogP contribution in [0.2, 0.25) is 0 Å². The van der Waals surface area contributed by atoms with Crippen molar-refractivity contribution in [1.29, 1.82) is 0 Å². The van der Waals surface area contributed by atoms with Gasteiger partial charge in [-0.25, -0.2) is 18.1 Å². The standard InChI is InChI=1S/C17H24N6O2S2/c18-16(22-8-10-23(11-9-22)17-20-6-12-26-17)19-7-13-27(24,25)21-14-15-4-2-1-3-5-15/h1-6,12,21H,7-11,13-14H2,(H2,18,19). The van der Waals surface area contributed by atoms with E-state index in [1.54, 1.807) is 17.5 Å². The second kappa shape index (κ2) is 9.16. The summed E-state index contributed by atoms with van der Waals surface area (Å²) in [6.07, 6.45) is 1.80. The molecule has 0 saturated carbocycles. The molecule has 3 rings (SSSR count). The van der Waals surface area contributed by atoms with Crippen LogP contribution in [0.3, 0.4) is 0 Å². The fourth-order valence-corrected chi connectivity index (χ4v) is 4.30. The fourth-order valence-electron chi connectivity index (χ4n) is 2.74. The number of hydrogen-bond donors (Lipinski definition) is 2. The Morgan fingerprint density at radius 2 is 1.96 bits per heavy atom. The van der Waals surface area contributed by atoms with E-state index >= 15 is 0 Å². The van der Waals surface area contributed by atoms with E-state index in [9.17, 15) is 8.42 Å². The third kappa shape index (κ3) is 5.91. The van der Waals surface area contributed by atoms with Gasteiger partial charge in [0.1, 0.15) is 0 Å². The molecule has 27 heavy (non-hydrogen) atoms. The van der Waals surface area contributed by atoms with E-state index in [0.717, 1.165) is 36.9 Å². The number of nitrogens with two attached hydrogens (primary N) is 1. The number of anilines is 1. The number of piperazine rings is 1. The van der Waals surface area contributed by atoms with Crippen LogP contribution in [0, 0.1) is 0 Å². The van der Waals surface area contributed by atoms with Gasteiger partial charge in [0.25, 0.3) is 0 Å². The summed E-state index contributed by atoms with van der Waals surface area (Å²) in [5.41, 5.74) is 6.95. The van der Waals surface area contributed by atoms with E-state index in [2.05, 4.69) is 19.6 Å². The highest BCUT2D eigenvalue weighted by Gasteiger charge is 2.20. The van der Waals surface area contributed by atoms with Crippen molar-refractivity contribution in [2.75, 3.05) is 43.4 Å². The predicted octanol–water partition coefficient (Wildman–Crippen LogP) is 0.699. The summed E-state index contributed by atoms with van der Waals surface area (Å²) in [7, 11) is -3.39. The Bertz CT molecular complexity index is 832. The maximum atomic E-state index is 12.1. The summed E-state index contributed by atoms with van der Waals surface area (Å²) < 4.78 is 26.8. The van der Waals surface area contributed by atoms with Crippen molar-refractivity contribution in [1.82, 2.24) is 14.6 Å². The van der Waals surface area contributed by atoms with Gasteiger partial charge in [-0.2, -0.15) is 0 Å². The average Bonchev–Trinajstić information content (AvgIpc) is 3.22. The second-order valence-electron chi connectivity index (χ2n) is 6.15. The monoisotopic (exact) mass is 408 g/mol. The molecule has 1 aromatic carbocycles. The van der Waals surface area contributed by atoms with Gasteiger partial charge < -0.3 is 15.5 Å². The number of nitrogens with one attached hydrogen (secondary N) is 1. The molecule has 0 aliphatic carbocycles. The van der Waals surface area contributed by atoms with Crippen LogP contribution >= 0.6 is 11.3 Å². The van der Waals surface area contributed by atoms with Gasteiger partial charge in [-0.3, -0.25) is 4.99 Å². The van der Waals surface area contributed by atoms with Crippen LogP contribution in [0.5, 0.6) is 0 Å². The number of benzene rings is 1. The van der Waals surface area contributed by atoms with Gasteiger partial charge in [0.15, 0.2) is 11.1 Å². The summed E-state index contributed by atoms with van der Waals surface area (Å²) >= 11 is 1.62. The first-order valence-electron chi connectivity index (χ1n) is 8.74. The molecule has 1 aliphatic rings. The van der Waals surface area contributed by atoms with Gasteiger partial charge in [0.2, 0.25) is 10.0 Å². The van der Waals surface area contributed by atoms with Gasteiger partial charge in [-0.15, -0.1) is 11.3 Å². The topological polar surface area (TPSA) is 104 Å². The molecule has 146 valence electrons. The SMILES string of the molecule is NC(=NCCS(=O)(=O)NCc1ccccc1)N1CCN(c2nccs2)CC1. The number of guanidine groups is 1. The Labute approximate surface area is 163 Å². The molecular formula is C17H24N6O2S2. The van der Waals surface area contributed by atoms with Crippen molar-refractivity contribution < 1.29 is 8.42 Å². The van der Waals surface area contributed by atoms with Gasteiger partial charge in [-0.1, -0.05) is 30.3 Å². The number of hydrogen-bond acceptors (Lipinski definition) is 6. The lowest BCUT2D eigenvalue weighted by Crippen LogP contribution is -2.51. The summed E-state index contributed by atoms with van der Waals surface area (Å²) in [5.74, 6) is 0.312. The Hall–Kier alpha value is -2.17. The molecule has 1 aromatic heterocycles. The zero-order valence-electron chi connectivity index (χ0n) is 15.0. The van der Waals surface area contributed by atoms with E-state index in [1.807, 2.05) is 40.6 Å². The molecule has 1 fully saturated rings. The molecule has 0 radical (unpaired) electrons. The zero-order valence-corrected chi connectivity index (χ0v) is 16.6. The summed E-state index contributed by atoms with van der Waals surface area (Å²) in [6.45, 7) is 3.55. The van der Waals surface area contributed by atoms with E-state index in [-0.39, 0.29) is 18.8 Å². The minimum atomic E-state index is -3.39. The molecule has 3 N–H and O–H groups in total. The molecule has 8 nitrogen and oxygen atoms in total. The van der Waals surface area contributed by atoms with Crippen molar-refractivity contribution in [3.05, 3.63) is 47.5 Å². The first kappa shape index (κ1) is 19.6. The normalized spacial score (nSPS) is 15.9.